The van der Waals surface area contributed by atoms with E-state index in [9.17, 15) is 9.59 Å². The molecule has 6 nitrogen and oxygen atoms in total. The minimum Gasteiger partial charge on any atom is -0.481 e. The molecule has 19 heavy (non-hydrogen) atoms. The zero-order valence-corrected chi connectivity index (χ0v) is 11.5. The highest BCUT2D eigenvalue weighted by Gasteiger charge is 2.34. The average molecular weight is 270 g/mol. The van der Waals surface area contributed by atoms with E-state index in [1.165, 1.54) is 0 Å². The lowest BCUT2D eigenvalue weighted by Gasteiger charge is -2.36. The van der Waals surface area contributed by atoms with Crippen molar-refractivity contribution in [3.63, 3.8) is 0 Å². The monoisotopic (exact) mass is 270 g/mol. The van der Waals surface area contributed by atoms with Crippen LogP contribution in [-0.2, 0) is 14.3 Å². The first kappa shape index (κ1) is 14.3. The number of likely N-dealkylation sites (tertiary alicyclic amines) is 1. The summed E-state index contributed by atoms with van der Waals surface area (Å²) in [5.41, 5.74) is 0. The fourth-order valence-electron chi connectivity index (χ4n) is 2.88. The molecule has 1 unspecified atom stereocenters. The van der Waals surface area contributed by atoms with E-state index in [0.717, 1.165) is 19.6 Å². The minimum absolute atomic E-state index is 0.0400. The quantitative estimate of drug-likeness (QED) is 0.780. The third-order valence-corrected chi connectivity index (χ3v) is 3.75. The van der Waals surface area contributed by atoms with E-state index < -0.39 is 11.9 Å². The van der Waals surface area contributed by atoms with Crippen molar-refractivity contribution in [3.8, 4) is 0 Å². The van der Waals surface area contributed by atoms with Crippen molar-refractivity contribution in [1.82, 2.24) is 9.80 Å². The molecule has 0 aliphatic carbocycles. The van der Waals surface area contributed by atoms with Crippen molar-refractivity contribution in [2.24, 2.45) is 5.92 Å². The highest BCUT2D eigenvalue weighted by Crippen LogP contribution is 2.18. The van der Waals surface area contributed by atoms with Gasteiger partial charge >= 0.3 is 5.97 Å². The number of carbonyl (C=O) groups is 2. The van der Waals surface area contributed by atoms with Gasteiger partial charge in [-0.2, -0.15) is 0 Å². The Bertz CT molecular complexity index is 351. The number of carboxylic acids is 1. The van der Waals surface area contributed by atoms with Crippen LogP contribution in [0.4, 0.5) is 0 Å². The maximum absolute atomic E-state index is 11.7. The van der Waals surface area contributed by atoms with E-state index >= 15 is 0 Å². The summed E-state index contributed by atoms with van der Waals surface area (Å²) >= 11 is 0. The zero-order chi connectivity index (χ0) is 14.0. The van der Waals surface area contributed by atoms with E-state index in [4.69, 9.17) is 9.84 Å². The molecule has 2 aliphatic heterocycles. The fourth-order valence-corrected chi connectivity index (χ4v) is 2.88. The molecule has 0 aromatic carbocycles. The lowest BCUT2D eigenvalue weighted by atomic mass is 10.1. The molecule has 0 aromatic rings. The number of carboxylic acid groups (broad SMARTS) is 1. The number of rotatable bonds is 4. The van der Waals surface area contributed by atoms with Gasteiger partial charge in [-0.15, -0.1) is 0 Å². The number of amides is 1. The van der Waals surface area contributed by atoms with E-state index in [1.807, 2.05) is 13.8 Å². The number of carbonyl (C=O) groups excluding carboxylic acids is 1. The van der Waals surface area contributed by atoms with E-state index in [0.29, 0.717) is 13.1 Å². The maximum atomic E-state index is 11.7. The number of hydrogen-bond acceptors (Lipinski definition) is 4. The zero-order valence-electron chi connectivity index (χ0n) is 11.5. The molecule has 2 rings (SSSR count). The van der Waals surface area contributed by atoms with Gasteiger partial charge in [-0.3, -0.25) is 14.5 Å². The lowest BCUT2D eigenvalue weighted by Crippen LogP contribution is -2.48. The summed E-state index contributed by atoms with van der Waals surface area (Å²) in [5, 5.41) is 8.93. The summed E-state index contributed by atoms with van der Waals surface area (Å²) < 4.78 is 5.66. The second-order valence-electron chi connectivity index (χ2n) is 5.60. The number of nitrogens with zero attached hydrogens (tertiary/aromatic N) is 2. The van der Waals surface area contributed by atoms with Crippen molar-refractivity contribution < 1.29 is 19.4 Å². The summed E-state index contributed by atoms with van der Waals surface area (Å²) in [6.07, 6.45) is 0.570. The largest absolute Gasteiger partial charge is 0.481 e. The van der Waals surface area contributed by atoms with E-state index in [2.05, 4.69) is 4.90 Å². The fraction of sp³-hybridized carbons (Fsp3) is 0.846. The molecule has 0 spiro atoms. The Balaban J connectivity index is 1.79. The highest BCUT2D eigenvalue weighted by molar-refractivity contribution is 5.86. The van der Waals surface area contributed by atoms with Crippen LogP contribution < -0.4 is 0 Å². The molecule has 1 N–H and O–H groups in total. The molecule has 2 fully saturated rings. The van der Waals surface area contributed by atoms with Crippen LogP contribution in [-0.4, -0.2) is 71.7 Å². The highest BCUT2D eigenvalue weighted by atomic mass is 16.5. The third-order valence-electron chi connectivity index (χ3n) is 3.75. The molecule has 0 saturated carbocycles. The number of morpholine rings is 1. The first-order valence-electron chi connectivity index (χ1n) is 6.84. The van der Waals surface area contributed by atoms with Crippen molar-refractivity contribution in [2.45, 2.75) is 32.5 Å². The van der Waals surface area contributed by atoms with Crippen LogP contribution in [0.1, 0.15) is 20.3 Å². The Morgan fingerprint density at radius 1 is 1.26 bits per heavy atom. The van der Waals surface area contributed by atoms with Gasteiger partial charge in [-0.1, -0.05) is 0 Å². The van der Waals surface area contributed by atoms with Gasteiger partial charge in [0.05, 0.1) is 18.1 Å². The van der Waals surface area contributed by atoms with Crippen LogP contribution in [0.5, 0.6) is 0 Å². The summed E-state index contributed by atoms with van der Waals surface area (Å²) in [4.78, 5) is 26.5. The molecule has 3 atom stereocenters. The van der Waals surface area contributed by atoms with Gasteiger partial charge in [0.2, 0.25) is 5.91 Å². The topological polar surface area (TPSA) is 70.1 Å². The number of aliphatic carboxylic acids is 1. The summed E-state index contributed by atoms with van der Waals surface area (Å²) in [7, 11) is 0. The standard InChI is InChI=1S/C13H22N2O4/c1-9-6-14(7-10(2)19-9)3-4-15-8-11(13(17)18)5-12(15)16/h9-11H,3-8H2,1-2H3,(H,17,18)/t9-,10+,11?. The molecule has 2 aliphatic rings. The Morgan fingerprint density at radius 3 is 2.42 bits per heavy atom. The van der Waals surface area contributed by atoms with Gasteiger partial charge in [-0.05, 0) is 13.8 Å². The molecule has 2 heterocycles. The average Bonchev–Trinajstić information content (AvgIpc) is 2.67. The van der Waals surface area contributed by atoms with Crippen LogP contribution in [0.3, 0.4) is 0 Å². The Hall–Kier alpha value is -1.14. The number of hydrogen-bond donors (Lipinski definition) is 1. The molecule has 1 amide bonds. The Morgan fingerprint density at radius 2 is 1.89 bits per heavy atom. The summed E-state index contributed by atoms with van der Waals surface area (Å²) in [6, 6.07) is 0. The normalized spacial score (nSPS) is 32.8. The first-order valence-corrected chi connectivity index (χ1v) is 6.84. The molecule has 0 radical (unpaired) electrons. The van der Waals surface area contributed by atoms with Gasteiger partial charge in [0, 0.05) is 39.1 Å². The lowest BCUT2D eigenvalue weighted by molar-refractivity contribution is -0.141. The van der Waals surface area contributed by atoms with Crippen molar-refractivity contribution in [1.29, 1.82) is 0 Å². The van der Waals surface area contributed by atoms with Gasteiger partial charge in [0.1, 0.15) is 0 Å². The van der Waals surface area contributed by atoms with Crippen LogP contribution in [0, 0.1) is 5.92 Å². The first-order chi connectivity index (χ1) is 8.95. The van der Waals surface area contributed by atoms with Gasteiger partial charge in [0.25, 0.3) is 0 Å². The Kier molecular flexibility index (Phi) is 4.42. The van der Waals surface area contributed by atoms with Gasteiger partial charge in [0.15, 0.2) is 0 Å². The predicted octanol–water partition coefficient (Wildman–Crippen LogP) is 0.0287. The van der Waals surface area contributed by atoms with E-state index in [1.54, 1.807) is 4.90 Å². The molecular formula is C13H22N2O4. The van der Waals surface area contributed by atoms with Gasteiger partial charge < -0.3 is 14.7 Å². The second-order valence-corrected chi connectivity index (χ2v) is 5.60. The second kappa shape index (κ2) is 5.88. The van der Waals surface area contributed by atoms with Crippen LogP contribution in [0.25, 0.3) is 0 Å². The van der Waals surface area contributed by atoms with Crippen molar-refractivity contribution in [2.75, 3.05) is 32.7 Å². The summed E-state index contributed by atoms with van der Waals surface area (Å²) in [5.74, 6) is -1.44. The molecule has 108 valence electrons. The molecule has 6 heteroatoms. The minimum atomic E-state index is -0.871. The predicted molar refractivity (Wildman–Crippen MR) is 68.8 cm³/mol. The van der Waals surface area contributed by atoms with Gasteiger partial charge in [-0.25, -0.2) is 0 Å². The maximum Gasteiger partial charge on any atom is 0.308 e. The van der Waals surface area contributed by atoms with Crippen LogP contribution in [0.2, 0.25) is 0 Å². The SMILES string of the molecule is C[C@@H]1CN(CCN2CC(C(=O)O)CC2=O)C[C@H](C)O1. The van der Waals surface area contributed by atoms with Crippen LogP contribution in [0.15, 0.2) is 0 Å². The Labute approximate surface area is 113 Å². The van der Waals surface area contributed by atoms with Crippen LogP contribution >= 0.6 is 0 Å². The van der Waals surface area contributed by atoms with E-state index in [-0.39, 0.29) is 24.5 Å². The number of ether oxygens (including phenoxy) is 1. The molecule has 2 saturated heterocycles. The molecule has 0 aromatic heterocycles. The molecule has 0 bridgehead atoms. The third kappa shape index (κ3) is 3.67. The summed E-state index contributed by atoms with van der Waals surface area (Å²) in [6.45, 7) is 7.58. The van der Waals surface area contributed by atoms with Crippen molar-refractivity contribution >= 4 is 11.9 Å². The molecular weight excluding hydrogens is 248 g/mol. The smallest absolute Gasteiger partial charge is 0.308 e. The van der Waals surface area contributed by atoms with Crippen molar-refractivity contribution in [3.05, 3.63) is 0 Å².